The van der Waals surface area contributed by atoms with Gasteiger partial charge in [0.15, 0.2) is 0 Å². The standard InChI is InChI=1S/C19H27N3O3/c23-18(15-22-9-5-4-8-17(22)19(24)25)21-12-10-20(11-13-21)14-16-6-2-1-3-7-16/h1-3,6-7,17H,4-5,8-15H2,(H,24,25). The van der Waals surface area contributed by atoms with Crippen LogP contribution >= 0.6 is 0 Å². The summed E-state index contributed by atoms with van der Waals surface area (Å²) >= 11 is 0. The fraction of sp³-hybridized carbons (Fsp3) is 0.579. The molecule has 1 amide bonds. The lowest BCUT2D eigenvalue weighted by molar-refractivity contribution is -0.146. The maximum absolute atomic E-state index is 12.6. The van der Waals surface area contributed by atoms with Gasteiger partial charge in [-0.25, -0.2) is 0 Å². The maximum atomic E-state index is 12.6. The molecule has 6 heteroatoms. The molecule has 6 nitrogen and oxygen atoms in total. The number of piperazine rings is 1. The lowest BCUT2D eigenvalue weighted by atomic mass is 10.0. The Kier molecular flexibility index (Phi) is 6.04. The number of carboxylic acid groups (broad SMARTS) is 1. The fourth-order valence-corrected chi connectivity index (χ4v) is 3.73. The van der Waals surface area contributed by atoms with Gasteiger partial charge in [-0.3, -0.25) is 19.4 Å². The van der Waals surface area contributed by atoms with Gasteiger partial charge in [-0.1, -0.05) is 36.8 Å². The van der Waals surface area contributed by atoms with Crippen molar-refractivity contribution in [3.63, 3.8) is 0 Å². The van der Waals surface area contributed by atoms with Crippen molar-refractivity contribution in [3.8, 4) is 0 Å². The summed E-state index contributed by atoms with van der Waals surface area (Å²) in [4.78, 5) is 30.0. The maximum Gasteiger partial charge on any atom is 0.320 e. The molecule has 2 heterocycles. The number of piperidine rings is 1. The summed E-state index contributed by atoms with van der Waals surface area (Å²) in [6.45, 7) is 5.02. The highest BCUT2D eigenvalue weighted by Gasteiger charge is 2.31. The van der Waals surface area contributed by atoms with Crippen molar-refractivity contribution >= 4 is 11.9 Å². The molecule has 1 N–H and O–H groups in total. The predicted molar refractivity (Wildman–Crippen MR) is 95.1 cm³/mol. The Morgan fingerprint density at radius 2 is 1.72 bits per heavy atom. The zero-order valence-electron chi connectivity index (χ0n) is 14.6. The summed E-state index contributed by atoms with van der Waals surface area (Å²) in [5.74, 6) is -0.743. The number of rotatable bonds is 5. The molecule has 1 atom stereocenters. The lowest BCUT2D eigenvalue weighted by Gasteiger charge is -2.37. The second-order valence-corrected chi connectivity index (χ2v) is 6.96. The highest BCUT2D eigenvalue weighted by Crippen LogP contribution is 2.17. The van der Waals surface area contributed by atoms with E-state index in [1.54, 1.807) is 0 Å². The van der Waals surface area contributed by atoms with E-state index < -0.39 is 12.0 Å². The van der Waals surface area contributed by atoms with Crippen molar-refractivity contribution in [2.75, 3.05) is 39.3 Å². The number of nitrogens with zero attached hydrogens (tertiary/aromatic N) is 3. The van der Waals surface area contributed by atoms with E-state index in [9.17, 15) is 14.7 Å². The molecular formula is C19H27N3O3. The molecule has 0 bridgehead atoms. The van der Waals surface area contributed by atoms with Crippen molar-refractivity contribution < 1.29 is 14.7 Å². The van der Waals surface area contributed by atoms with E-state index in [1.807, 2.05) is 28.0 Å². The Labute approximate surface area is 149 Å². The van der Waals surface area contributed by atoms with Crippen molar-refractivity contribution in [1.29, 1.82) is 0 Å². The van der Waals surface area contributed by atoms with Crippen molar-refractivity contribution in [2.45, 2.75) is 31.8 Å². The number of likely N-dealkylation sites (tertiary alicyclic amines) is 1. The molecule has 3 rings (SSSR count). The minimum atomic E-state index is -0.805. The first-order chi connectivity index (χ1) is 12.1. The van der Waals surface area contributed by atoms with Crippen LogP contribution < -0.4 is 0 Å². The molecule has 2 saturated heterocycles. The Hall–Kier alpha value is -1.92. The molecule has 2 aliphatic rings. The lowest BCUT2D eigenvalue weighted by Crippen LogP contribution is -2.53. The quantitative estimate of drug-likeness (QED) is 0.871. The second-order valence-electron chi connectivity index (χ2n) is 6.96. The fourth-order valence-electron chi connectivity index (χ4n) is 3.73. The smallest absolute Gasteiger partial charge is 0.320 e. The molecule has 0 aliphatic carbocycles. The third-order valence-corrected chi connectivity index (χ3v) is 5.21. The molecule has 1 aromatic rings. The van der Waals surface area contributed by atoms with E-state index in [2.05, 4.69) is 17.0 Å². The largest absolute Gasteiger partial charge is 0.480 e. The zero-order valence-corrected chi connectivity index (χ0v) is 14.6. The van der Waals surface area contributed by atoms with Gasteiger partial charge in [-0.05, 0) is 24.9 Å². The SMILES string of the molecule is O=C(O)C1CCCCN1CC(=O)N1CCN(Cc2ccccc2)CC1. The first-order valence-electron chi connectivity index (χ1n) is 9.14. The second kappa shape index (κ2) is 8.45. The third kappa shape index (κ3) is 4.80. The number of carbonyl (C=O) groups is 2. The van der Waals surface area contributed by atoms with Gasteiger partial charge in [0.2, 0.25) is 5.91 Å². The van der Waals surface area contributed by atoms with E-state index in [0.717, 1.165) is 45.6 Å². The molecule has 2 aliphatic heterocycles. The van der Waals surface area contributed by atoms with Gasteiger partial charge in [-0.2, -0.15) is 0 Å². The van der Waals surface area contributed by atoms with Gasteiger partial charge in [0.25, 0.3) is 0 Å². The molecule has 0 radical (unpaired) electrons. The summed E-state index contributed by atoms with van der Waals surface area (Å²) in [6, 6.07) is 9.86. The van der Waals surface area contributed by atoms with E-state index in [1.165, 1.54) is 5.56 Å². The number of carbonyl (C=O) groups excluding carboxylic acids is 1. The average molecular weight is 345 g/mol. The average Bonchev–Trinajstić information content (AvgIpc) is 2.63. The van der Waals surface area contributed by atoms with Gasteiger partial charge < -0.3 is 10.0 Å². The van der Waals surface area contributed by atoms with Crippen LogP contribution in [-0.4, -0.2) is 77.0 Å². The molecule has 0 spiro atoms. The molecule has 1 unspecified atom stereocenters. The molecule has 1 aromatic carbocycles. The summed E-state index contributed by atoms with van der Waals surface area (Å²) < 4.78 is 0. The first kappa shape index (κ1) is 17.9. The summed E-state index contributed by atoms with van der Waals surface area (Å²) in [7, 11) is 0. The summed E-state index contributed by atoms with van der Waals surface area (Å²) in [6.07, 6.45) is 2.55. The van der Waals surface area contributed by atoms with Crippen LogP contribution in [0.4, 0.5) is 0 Å². The third-order valence-electron chi connectivity index (χ3n) is 5.21. The van der Waals surface area contributed by atoms with E-state index in [0.29, 0.717) is 13.0 Å². The predicted octanol–water partition coefficient (Wildman–Crippen LogP) is 1.27. The minimum Gasteiger partial charge on any atom is -0.480 e. The van der Waals surface area contributed by atoms with Crippen LogP contribution in [-0.2, 0) is 16.1 Å². The van der Waals surface area contributed by atoms with Gasteiger partial charge in [0, 0.05) is 32.7 Å². The number of hydrogen-bond acceptors (Lipinski definition) is 4. The zero-order chi connectivity index (χ0) is 17.6. The number of amides is 1. The van der Waals surface area contributed by atoms with Gasteiger partial charge >= 0.3 is 5.97 Å². The molecule has 136 valence electrons. The molecule has 0 aromatic heterocycles. The van der Waals surface area contributed by atoms with Crippen molar-refractivity contribution in [2.24, 2.45) is 0 Å². The Balaban J connectivity index is 1.47. The molecular weight excluding hydrogens is 318 g/mol. The molecule has 2 fully saturated rings. The Bertz CT molecular complexity index is 585. The molecule has 0 saturated carbocycles. The summed E-state index contributed by atoms with van der Waals surface area (Å²) in [5.41, 5.74) is 1.29. The van der Waals surface area contributed by atoms with Crippen molar-refractivity contribution in [1.82, 2.24) is 14.7 Å². The monoisotopic (exact) mass is 345 g/mol. The van der Waals surface area contributed by atoms with Gasteiger partial charge in [0.1, 0.15) is 6.04 Å². The summed E-state index contributed by atoms with van der Waals surface area (Å²) in [5, 5.41) is 9.33. The van der Waals surface area contributed by atoms with E-state index >= 15 is 0 Å². The van der Waals surface area contributed by atoms with E-state index in [-0.39, 0.29) is 12.5 Å². The van der Waals surface area contributed by atoms with Crippen LogP contribution in [0.3, 0.4) is 0 Å². The Morgan fingerprint density at radius 1 is 1.00 bits per heavy atom. The van der Waals surface area contributed by atoms with Gasteiger partial charge in [-0.15, -0.1) is 0 Å². The van der Waals surface area contributed by atoms with Crippen LogP contribution in [0.15, 0.2) is 30.3 Å². The minimum absolute atomic E-state index is 0.0625. The van der Waals surface area contributed by atoms with Gasteiger partial charge in [0.05, 0.1) is 6.54 Å². The Morgan fingerprint density at radius 3 is 2.40 bits per heavy atom. The number of aliphatic carboxylic acids is 1. The van der Waals surface area contributed by atoms with E-state index in [4.69, 9.17) is 0 Å². The van der Waals surface area contributed by atoms with Crippen LogP contribution in [0.2, 0.25) is 0 Å². The number of benzene rings is 1. The van der Waals surface area contributed by atoms with Crippen LogP contribution in [0.5, 0.6) is 0 Å². The van der Waals surface area contributed by atoms with Crippen LogP contribution in [0, 0.1) is 0 Å². The number of carboxylic acids is 1. The normalized spacial score (nSPS) is 22.7. The van der Waals surface area contributed by atoms with Crippen LogP contribution in [0.25, 0.3) is 0 Å². The highest BCUT2D eigenvalue weighted by atomic mass is 16.4. The van der Waals surface area contributed by atoms with Crippen LogP contribution in [0.1, 0.15) is 24.8 Å². The number of hydrogen-bond donors (Lipinski definition) is 1. The first-order valence-corrected chi connectivity index (χ1v) is 9.14. The molecule has 25 heavy (non-hydrogen) atoms. The highest BCUT2D eigenvalue weighted by molar-refractivity contribution is 5.80. The topological polar surface area (TPSA) is 64.1 Å². The van der Waals surface area contributed by atoms with Crippen molar-refractivity contribution in [3.05, 3.63) is 35.9 Å².